The van der Waals surface area contributed by atoms with Crippen molar-refractivity contribution in [1.82, 2.24) is 10.9 Å². The van der Waals surface area contributed by atoms with Crippen LogP contribution in [0.2, 0.25) is 0 Å². The van der Waals surface area contributed by atoms with Gasteiger partial charge in [0.25, 0.3) is 15.9 Å². The first kappa shape index (κ1) is 23.7. The van der Waals surface area contributed by atoms with Gasteiger partial charge in [0.15, 0.2) is 6.61 Å². The van der Waals surface area contributed by atoms with Gasteiger partial charge in [-0.1, -0.05) is 24.3 Å². The summed E-state index contributed by atoms with van der Waals surface area (Å²) in [7, 11) is -3.87. The predicted octanol–water partition coefficient (Wildman–Crippen LogP) is 2.70. The molecule has 10 heteroatoms. The molecule has 3 rings (SSSR count). The fourth-order valence-corrected chi connectivity index (χ4v) is 3.84. The number of hydrogen-bond donors (Lipinski definition) is 3. The van der Waals surface area contributed by atoms with Crippen molar-refractivity contribution in [2.75, 3.05) is 11.3 Å². The first-order valence-corrected chi connectivity index (χ1v) is 11.3. The Balaban J connectivity index is 1.45. The molecular weight excluding hydrogens is 449 g/mol. The fraction of sp³-hybridized carbons (Fsp3) is 0.130. The van der Waals surface area contributed by atoms with Gasteiger partial charge in [0.1, 0.15) is 11.6 Å². The third-order valence-electron chi connectivity index (χ3n) is 4.40. The van der Waals surface area contributed by atoms with Crippen molar-refractivity contribution in [2.24, 2.45) is 0 Å². The first-order chi connectivity index (χ1) is 15.7. The summed E-state index contributed by atoms with van der Waals surface area (Å²) in [6, 6.07) is 17.8. The second kappa shape index (κ2) is 10.6. The minimum atomic E-state index is -3.87. The Morgan fingerprint density at radius 1 is 0.909 bits per heavy atom. The number of carbonyl (C=O) groups excluding carboxylic acids is 2. The van der Waals surface area contributed by atoms with Gasteiger partial charge in [-0.15, -0.1) is 0 Å². The number of carbonyl (C=O) groups is 2. The van der Waals surface area contributed by atoms with E-state index >= 15 is 0 Å². The lowest BCUT2D eigenvalue weighted by atomic mass is 10.1. The van der Waals surface area contributed by atoms with E-state index in [4.69, 9.17) is 4.74 Å². The molecule has 0 bridgehead atoms. The number of nitrogens with one attached hydrogen (secondary N) is 3. The van der Waals surface area contributed by atoms with Crippen LogP contribution in [0.25, 0.3) is 0 Å². The fourth-order valence-electron chi connectivity index (χ4n) is 2.78. The van der Waals surface area contributed by atoms with Gasteiger partial charge in [-0.3, -0.25) is 25.2 Å². The molecule has 0 spiro atoms. The number of hydrogen-bond acceptors (Lipinski definition) is 5. The zero-order valence-electron chi connectivity index (χ0n) is 17.7. The number of benzene rings is 3. The van der Waals surface area contributed by atoms with Crippen LogP contribution in [0.1, 0.15) is 11.1 Å². The Morgan fingerprint density at radius 3 is 2.24 bits per heavy atom. The molecule has 0 radical (unpaired) electrons. The van der Waals surface area contributed by atoms with E-state index in [2.05, 4.69) is 15.6 Å². The van der Waals surface area contributed by atoms with E-state index in [9.17, 15) is 22.4 Å². The highest BCUT2D eigenvalue weighted by molar-refractivity contribution is 7.92. The molecule has 0 heterocycles. The predicted molar refractivity (Wildman–Crippen MR) is 120 cm³/mol. The van der Waals surface area contributed by atoms with Crippen molar-refractivity contribution >= 4 is 27.5 Å². The molecule has 0 atom stereocenters. The van der Waals surface area contributed by atoms with Gasteiger partial charge in [-0.2, -0.15) is 0 Å². The molecule has 0 aliphatic heterocycles. The summed E-state index contributed by atoms with van der Waals surface area (Å²) >= 11 is 0. The summed E-state index contributed by atoms with van der Waals surface area (Å²) < 4.78 is 45.4. The highest BCUT2D eigenvalue weighted by atomic mass is 32.2. The van der Waals surface area contributed by atoms with Gasteiger partial charge in [0.2, 0.25) is 5.91 Å². The second-order valence-electron chi connectivity index (χ2n) is 7.13. The van der Waals surface area contributed by atoms with E-state index in [0.29, 0.717) is 11.3 Å². The van der Waals surface area contributed by atoms with Gasteiger partial charge in [0.05, 0.1) is 11.3 Å². The van der Waals surface area contributed by atoms with Crippen molar-refractivity contribution in [3.8, 4) is 5.75 Å². The summed E-state index contributed by atoms with van der Waals surface area (Å²) in [5, 5.41) is 0. The number of rotatable bonds is 8. The van der Waals surface area contributed by atoms with Crippen molar-refractivity contribution in [2.45, 2.75) is 18.2 Å². The van der Waals surface area contributed by atoms with Gasteiger partial charge >= 0.3 is 0 Å². The molecule has 2 amide bonds. The molecule has 0 saturated heterocycles. The maximum Gasteiger partial charge on any atom is 0.276 e. The third-order valence-corrected chi connectivity index (χ3v) is 5.79. The first-order valence-electron chi connectivity index (χ1n) is 9.86. The Morgan fingerprint density at radius 2 is 1.58 bits per heavy atom. The molecule has 0 aliphatic rings. The molecule has 0 fully saturated rings. The SMILES string of the molecule is Cc1cccc(OCC(=O)NNC(=O)Cc2ccc(NS(=O)(=O)c3ccc(F)cc3)cc2)c1. The van der Waals surface area contributed by atoms with Crippen LogP contribution in [0.4, 0.5) is 10.1 Å². The highest BCUT2D eigenvalue weighted by Gasteiger charge is 2.14. The number of hydrazine groups is 1. The quantitative estimate of drug-likeness (QED) is 0.437. The Labute approximate surface area is 190 Å². The topological polar surface area (TPSA) is 114 Å². The van der Waals surface area contributed by atoms with Crippen molar-refractivity contribution in [3.63, 3.8) is 0 Å². The number of aryl methyl sites for hydroxylation is 1. The largest absolute Gasteiger partial charge is 0.484 e. The molecule has 33 heavy (non-hydrogen) atoms. The van der Waals surface area contributed by atoms with E-state index in [1.165, 1.54) is 12.1 Å². The Hall–Kier alpha value is -3.92. The third kappa shape index (κ3) is 7.32. The number of anilines is 1. The van der Waals surface area contributed by atoms with Gasteiger partial charge in [-0.05, 0) is 66.6 Å². The maximum atomic E-state index is 13.0. The monoisotopic (exact) mass is 471 g/mol. The minimum Gasteiger partial charge on any atom is -0.484 e. The summed E-state index contributed by atoms with van der Waals surface area (Å²) in [6.45, 7) is 1.65. The number of halogens is 1. The van der Waals surface area contributed by atoms with Crippen molar-refractivity contribution in [1.29, 1.82) is 0 Å². The zero-order chi connectivity index (χ0) is 23.8. The van der Waals surface area contributed by atoms with E-state index in [1.54, 1.807) is 24.3 Å². The standard InChI is InChI=1S/C23H22FN3O5S/c1-16-3-2-4-20(13-16)32-15-23(29)26-25-22(28)14-17-5-9-19(10-6-17)27-33(30,31)21-11-7-18(24)8-12-21/h2-13,27H,14-15H2,1H3,(H,25,28)(H,26,29). The number of ether oxygens (including phenoxy) is 1. The van der Waals surface area contributed by atoms with E-state index in [0.717, 1.165) is 29.8 Å². The number of sulfonamides is 1. The second-order valence-corrected chi connectivity index (χ2v) is 8.82. The van der Waals surface area contributed by atoms with Gasteiger partial charge < -0.3 is 4.74 Å². The molecule has 3 aromatic rings. The van der Waals surface area contributed by atoms with E-state index in [1.807, 2.05) is 19.1 Å². The van der Waals surface area contributed by atoms with Crippen LogP contribution in [-0.2, 0) is 26.0 Å². The summed E-state index contributed by atoms with van der Waals surface area (Å²) in [4.78, 5) is 23.8. The minimum absolute atomic E-state index is 0.0377. The molecule has 3 N–H and O–H groups in total. The maximum absolute atomic E-state index is 13.0. The lowest BCUT2D eigenvalue weighted by molar-refractivity contribution is -0.129. The van der Waals surface area contributed by atoms with Crippen molar-refractivity contribution < 1.29 is 27.1 Å². The lowest BCUT2D eigenvalue weighted by Crippen LogP contribution is -2.44. The van der Waals surface area contributed by atoms with Gasteiger partial charge in [-0.25, -0.2) is 12.8 Å². The van der Waals surface area contributed by atoms with Crippen LogP contribution in [0.5, 0.6) is 5.75 Å². The van der Waals surface area contributed by atoms with Crippen LogP contribution in [0.3, 0.4) is 0 Å². The molecule has 3 aromatic carbocycles. The lowest BCUT2D eigenvalue weighted by Gasteiger charge is -2.10. The summed E-state index contributed by atoms with van der Waals surface area (Å²) in [5.74, 6) is -0.966. The Bertz CT molecular complexity index is 1230. The Kier molecular flexibility index (Phi) is 7.62. The molecule has 0 aliphatic carbocycles. The molecule has 8 nitrogen and oxygen atoms in total. The van der Waals surface area contributed by atoms with Crippen LogP contribution in [-0.4, -0.2) is 26.8 Å². The molecular formula is C23H22FN3O5S. The number of amides is 2. The average molecular weight is 472 g/mol. The van der Waals surface area contributed by atoms with Crippen LogP contribution in [0, 0.1) is 12.7 Å². The van der Waals surface area contributed by atoms with E-state index < -0.39 is 27.7 Å². The molecule has 0 unspecified atom stereocenters. The molecule has 0 saturated carbocycles. The van der Waals surface area contributed by atoms with Gasteiger partial charge in [0, 0.05) is 5.69 Å². The summed E-state index contributed by atoms with van der Waals surface area (Å²) in [5.41, 5.74) is 6.44. The molecule has 0 aromatic heterocycles. The van der Waals surface area contributed by atoms with Crippen LogP contribution < -0.4 is 20.3 Å². The highest BCUT2D eigenvalue weighted by Crippen LogP contribution is 2.17. The zero-order valence-corrected chi connectivity index (χ0v) is 18.5. The normalized spacial score (nSPS) is 10.8. The smallest absolute Gasteiger partial charge is 0.276 e. The van der Waals surface area contributed by atoms with E-state index in [-0.39, 0.29) is 23.6 Å². The van der Waals surface area contributed by atoms with Crippen LogP contribution >= 0.6 is 0 Å². The molecule has 172 valence electrons. The summed E-state index contributed by atoms with van der Waals surface area (Å²) in [6.07, 6.45) is -0.0377. The average Bonchev–Trinajstić information content (AvgIpc) is 2.78. The van der Waals surface area contributed by atoms with Crippen molar-refractivity contribution in [3.05, 3.63) is 89.7 Å². The van der Waals surface area contributed by atoms with Crippen LogP contribution in [0.15, 0.2) is 77.7 Å².